The third-order valence-electron chi connectivity index (χ3n) is 1.70. The summed E-state index contributed by atoms with van der Waals surface area (Å²) in [6.07, 6.45) is 3.06. The van der Waals surface area contributed by atoms with E-state index < -0.39 is 5.97 Å². The van der Waals surface area contributed by atoms with Gasteiger partial charge in [0.05, 0.1) is 6.20 Å². The maximum Gasteiger partial charge on any atom is 0.346 e. The van der Waals surface area contributed by atoms with Gasteiger partial charge < -0.3 is 9.52 Å². The van der Waals surface area contributed by atoms with Crippen molar-refractivity contribution in [3.8, 4) is 0 Å². The Bertz CT molecular complexity index is 450. The Labute approximate surface area is 94.0 Å². The Balaban J connectivity index is 2.05. The molecule has 2 heterocycles. The molecule has 2 rings (SSSR count). The van der Waals surface area contributed by atoms with Crippen molar-refractivity contribution in [2.45, 2.75) is 11.0 Å². The van der Waals surface area contributed by atoms with Crippen molar-refractivity contribution in [1.29, 1.82) is 0 Å². The number of aromatic carboxylic acids is 1. The van der Waals surface area contributed by atoms with Gasteiger partial charge in [-0.05, 0) is 17.0 Å². The highest BCUT2D eigenvalue weighted by Crippen LogP contribution is 2.25. The number of aromatic nitrogens is 1. The average Bonchev–Trinajstić information content (AvgIpc) is 2.86. The highest BCUT2D eigenvalue weighted by molar-refractivity contribution is 7.98. The van der Waals surface area contributed by atoms with Gasteiger partial charge in [-0.15, -0.1) is 11.3 Å². The van der Waals surface area contributed by atoms with Gasteiger partial charge in [0.1, 0.15) is 11.1 Å². The van der Waals surface area contributed by atoms with Crippen molar-refractivity contribution in [3.05, 3.63) is 34.3 Å². The minimum Gasteiger partial charge on any atom is -0.477 e. The SMILES string of the molecule is O=C(O)c1sccc1CSc1ncco1. The van der Waals surface area contributed by atoms with Crippen LogP contribution in [0.3, 0.4) is 0 Å². The Kier molecular flexibility index (Phi) is 3.08. The van der Waals surface area contributed by atoms with Gasteiger partial charge >= 0.3 is 5.97 Å². The van der Waals surface area contributed by atoms with E-state index in [4.69, 9.17) is 9.52 Å². The van der Waals surface area contributed by atoms with Crippen molar-refractivity contribution < 1.29 is 14.3 Å². The molecule has 0 aliphatic rings. The summed E-state index contributed by atoms with van der Waals surface area (Å²) in [6.45, 7) is 0. The summed E-state index contributed by atoms with van der Waals surface area (Å²) in [7, 11) is 0. The lowest BCUT2D eigenvalue weighted by Gasteiger charge is -1.96. The number of rotatable bonds is 4. The van der Waals surface area contributed by atoms with Crippen LogP contribution in [0.25, 0.3) is 0 Å². The second kappa shape index (κ2) is 4.50. The lowest BCUT2D eigenvalue weighted by atomic mass is 10.3. The molecule has 78 valence electrons. The molecule has 2 aromatic heterocycles. The molecule has 0 amide bonds. The van der Waals surface area contributed by atoms with Crippen LogP contribution in [0.15, 0.2) is 33.5 Å². The largest absolute Gasteiger partial charge is 0.477 e. The molecular weight excluding hydrogens is 234 g/mol. The number of carboxylic acid groups (broad SMARTS) is 1. The minimum absolute atomic E-state index is 0.383. The summed E-state index contributed by atoms with van der Waals surface area (Å²) >= 11 is 2.61. The third kappa shape index (κ3) is 2.40. The molecule has 4 nitrogen and oxygen atoms in total. The Morgan fingerprint density at radius 2 is 2.53 bits per heavy atom. The van der Waals surface area contributed by atoms with E-state index in [1.165, 1.54) is 29.4 Å². The quantitative estimate of drug-likeness (QED) is 0.834. The number of nitrogens with zero attached hydrogens (tertiary/aromatic N) is 1. The number of thiophene rings is 1. The number of carbonyl (C=O) groups is 1. The molecule has 0 aliphatic carbocycles. The van der Waals surface area contributed by atoms with Gasteiger partial charge in [-0.3, -0.25) is 0 Å². The van der Waals surface area contributed by atoms with Crippen molar-refractivity contribution >= 4 is 29.1 Å². The predicted molar refractivity (Wildman–Crippen MR) is 57.3 cm³/mol. The molecular formula is C9H7NO3S2. The topological polar surface area (TPSA) is 63.3 Å². The maximum absolute atomic E-state index is 10.8. The lowest BCUT2D eigenvalue weighted by Crippen LogP contribution is -1.96. The fourth-order valence-corrected chi connectivity index (χ4v) is 2.69. The lowest BCUT2D eigenvalue weighted by molar-refractivity contribution is 0.0701. The summed E-state index contributed by atoms with van der Waals surface area (Å²) in [5.41, 5.74) is 0.802. The van der Waals surface area contributed by atoms with Crippen LogP contribution in [-0.4, -0.2) is 16.1 Å². The second-order valence-corrected chi connectivity index (χ2v) is 4.51. The van der Waals surface area contributed by atoms with Crippen LogP contribution in [-0.2, 0) is 5.75 Å². The highest BCUT2D eigenvalue weighted by Gasteiger charge is 2.12. The fraction of sp³-hybridized carbons (Fsp3) is 0.111. The monoisotopic (exact) mass is 241 g/mol. The van der Waals surface area contributed by atoms with Gasteiger partial charge in [0, 0.05) is 5.75 Å². The van der Waals surface area contributed by atoms with Crippen LogP contribution in [0.5, 0.6) is 0 Å². The third-order valence-corrected chi connectivity index (χ3v) is 3.55. The van der Waals surface area contributed by atoms with Crippen LogP contribution in [0.1, 0.15) is 15.2 Å². The van der Waals surface area contributed by atoms with E-state index >= 15 is 0 Å². The molecule has 0 unspecified atom stereocenters. The first kappa shape index (κ1) is 10.3. The normalized spacial score (nSPS) is 10.4. The van der Waals surface area contributed by atoms with Crippen molar-refractivity contribution in [2.24, 2.45) is 0 Å². The molecule has 0 radical (unpaired) electrons. The second-order valence-electron chi connectivity index (χ2n) is 2.67. The first-order valence-electron chi connectivity index (χ1n) is 4.09. The molecule has 2 aromatic rings. The van der Waals surface area contributed by atoms with Gasteiger partial charge in [0.25, 0.3) is 5.22 Å². The molecule has 1 N–H and O–H groups in total. The molecule has 6 heteroatoms. The molecule has 0 aliphatic heterocycles. The number of thioether (sulfide) groups is 1. The van der Waals surface area contributed by atoms with Gasteiger partial charge in [0.2, 0.25) is 0 Å². The number of carboxylic acids is 1. The molecule has 0 aromatic carbocycles. The Morgan fingerprint density at radius 3 is 3.20 bits per heavy atom. The van der Waals surface area contributed by atoms with E-state index in [1.807, 2.05) is 6.07 Å². The smallest absolute Gasteiger partial charge is 0.346 e. The van der Waals surface area contributed by atoms with Crippen molar-refractivity contribution in [2.75, 3.05) is 0 Å². The van der Waals surface area contributed by atoms with E-state index in [0.29, 0.717) is 15.9 Å². The molecule has 0 saturated heterocycles. The minimum atomic E-state index is -0.881. The van der Waals surface area contributed by atoms with Crippen LogP contribution >= 0.6 is 23.1 Å². The number of hydrogen-bond acceptors (Lipinski definition) is 5. The van der Waals surface area contributed by atoms with Crippen LogP contribution in [0, 0.1) is 0 Å². The van der Waals surface area contributed by atoms with E-state index in [-0.39, 0.29) is 0 Å². The molecule has 0 spiro atoms. The summed E-state index contributed by atoms with van der Waals surface area (Å²) in [5, 5.41) is 11.2. The van der Waals surface area contributed by atoms with Crippen LogP contribution < -0.4 is 0 Å². The average molecular weight is 241 g/mol. The Hall–Kier alpha value is -1.27. The van der Waals surface area contributed by atoms with Gasteiger partial charge in [-0.1, -0.05) is 11.8 Å². The molecule has 0 bridgehead atoms. The highest BCUT2D eigenvalue weighted by atomic mass is 32.2. The standard InChI is InChI=1S/C9H7NO3S2/c11-8(12)7-6(1-4-14-7)5-15-9-10-2-3-13-9/h1-4H,5H2,(H,11,12). The first-order valence-corrected chi connectivity index (χ1v) is 5.96. The zero-order chi connectivity index (χ0) is 10.7. The Morgan fingerprint density at radius 1 is 1.67 bits per heavy atom. The van der Waals surface area contributed by atoms with E-state index in [0.717, 1.165) is 5.56 Å². The summed E-state index contributed by atoms with van der Waals surface area (Å²) in [4.78, 5) is 15.1. The van der Waals surface area contributed by atoms with Gasteiger partial charge in [-0.25, -0.2) is 9.78 Å². The number of hydrogen-bond donors (Lipinski definition) is 1. The molecule has 0 atom stereocenters. The fourth-order valence-electron chi connectivity index (χ4n) is 1.06. The summed E-state index contributed by atoms with van der Waals surface area (Å²) in [6, 6.07) is 1.81. The van der Waals surface area contributed by atoms with Crippen LogP contribution in [0.2, 0.25) is 0 Å². The van der Waals surface area contributed by atoms with E-state index in [2.05, 4.69) is 4.98 Å². The van der Waals surface area contributed by atoms with E-state index in [1.54, 1.807) is 11.6 Å². The molecule has 0 fully saturated rings. The van der Waals surface area contributed by atoms with Crippen molar-refractivity contribution in [1.82, 2.24) is 4.98 Å². The number of oxazole rings is 1. The molecule has 0 saturated carbocycles. The summed E-state index contributed by atoms with van der Waals surface area (Å²) < 4.78 is 5.04. The zero-order valence-corrected chi connectivity index (χ0v) is 9.18. The van der Waals surface area contributed by atoms with Gasteiger partial charge in [-0.2, -0.15) is 0 Å². The zero-order valence-electron chi connectivity index (χ0n) is 7.54. The van der Waals surface area contributed by atoms with E-state index in [9.17, 15) is 4.79 Å². The summed E-state index contributed by atoms with van der Waals surface area (Å²) in [5.74, 6) is -0.320. The van der Waals surface area contributed by atoms with Crippen LogP contribution in [0.4, 0.5) is 0 Å². The maximum atomic E-state index is 10.8. The van der Waals surface area contributed by atoms with Gasteiger partial charge in [0.15, 0.2) is 0 Å². The van der Waals surface area contributed by atoms with Crippen molar-refractivity contribution in [3.63, 3.8) is 0 Å². The predicted octanol–water partition coefficient (Wildman–Crippen LogP) is 2.73. The molecule has 15 heavy (non-hydrogen) atoms. The first-order chi connectivity index (χ1) is 7.27.